The number of ether oxygens (including phenoxy) is 1. The molecule has 0 atom stereocenters. The van der Waals surface area contributed by atoms with Gasteiger partial charge in [-0.3, -0.25) is 4.79 Å². The van der Waals surface area contributed by atoms with Crippen molar-refractivity contribution >= 4 is 11.6 Å². The Labute approximate surface area is 164 Å². The highest BCUT2D eigenvalue weighted by molar-refractivity contribution is 6.00. The van der Waals surface area contributed by atoms with Gasteiger partial charge in [0.05, 0.1) is 13.2 Å². The number of amides is 1. The molecule has 1 fully saturated rings. The van der Waals surface area contributed by atoms with Crippen LogP contribution in [0.5, 0.6) is 0 Å². The molecular weight excluding hydrogens is 348 g/mol. The van der Waals surface area contributed by atoms with E-state index in [4.69, 9.17) is 10.5 Å². The zero-order chi connectivity index (χ0) is 19.1. The highest BCUT2D eigenvalue weighted by atomic mass is 16.5. The maximum Gasteiger partial charge on any atom is 0.249 e. The quantitative estimate of drug-likeness (QED) is 0.596. The molecule has 1 heterocycles. The van der Waals surface area contributed by atoms with Crippen molar-refractivity contribution in [3.05, 3.63) is 77.4 Å². The second-order valence-corrected chi connectivity index (χ2v) is 7.40. The van der Waals surface area contributed by atoms with Crippen LogP contribution in [0.1, 0.15) is 21.5 Å². The van der Waals surface area contributed by atoms with E-state index in [9.17, 15) is 4.79 Å². The molecule has 3 aromatic carbocycles. The summed E-state index contributed by atoms with van der Waals surface area (Å²) in [4.78, 5) is 14.6. The van der Waals surface area contributed by atoms with E-state index in [1.165, 1.54) is 16.8 Å². The third-order valence-electron chi connectivity index (χ3n) is 5.74. The number of rotatable bonds is 3. The van der Waals surface area contributed by atoms with E-state index in [1.807, 2.05) is 24.3 Å². The number of hydrogen-bond donors (Lipinski definition) is 1. The minimum absolute atomic E-state index is 0.366. The van der Waals surface area contributed by atoms with Crippen LogP contribution in [-0.2, 0) is 11.2 Å². The fraction of sp³-hybridized carbons (Fsp3) is 0.208. The van der Waals surface area contributed by atoms with Gasteiger partial charge in [0, 0.05) is 24.3 Å². The average molecular weight is 370 g/mol. The Hall–Kier alpha value is -3.11. The van der Waals surface area contributed by atoms with Gasteiger partial charge in [-0.1, -0.05) is 36.4 Å². The zero-order valence-electron chi connectivity index (χ0n) is 15.7. The van der Waals surface area contributed by atoms with E-state index in [0.717, 1.165) is 55.0 Å². The summed E-state index contributed by atoms with van der Waals surface area (Å²) in [6.07, 6.45) is 0.746. The highest BCUT2D eigenvalue weighted by Gasteiger charge is 2.25. The number of hydrogen-bond acceptors (Lipinski definition) is 3. The maximum atomic E-state index is 12.2. The number of nitrogens with two attached hydrogens (primary N) is 1. The fourth-order valence-corrected chi connectivity index (χ4v) is 4.32. The predicted molar refractivity (Wildman–Crippen MR) is 112 cm³/mol. The van der Waals surface area contributed by atoms with Crippen LogP contribution in [0.2, 0.25) is 0 Å². The number of carbonyl (C=O) groups is 1. The van der Waals surface area contributed by atoms with Crippen molar-refractivity contribution < 1.29 is 9.53 Å². The normalized spacial score (nSPS) is 15.2. The first-order valence-corrected chi connectivity index (χ1v) is 9.69. The monoisotopic (exact) mass is 370 g/mol. The Bertz CT molecular complexity index is 1050. The van der Waals surface area contributed by atoms with Gasteiger partial charge in [-0.15, -0.1) is 0 Å². The summed E-state index contributed by atoms with van der Waals surface area (Å²) in [7, 11) is 0. The molecule has 1 aliphatic heterocycles. The average Bonchev–Trinajstić information content (AvgIpc) is 3.12. The summed E-state index contributed by atoms with van der Waals surface area (Å²) in [5.41, 5.74) is 14.3. The molecule has 1 aliphatic carbocycles. The molecular formula is C24H22N2O2. The molecule has 28 heavy (non-hydrogen) atoms. The molecule has 140 valence electrons. The summed E-state index contributed by atoms with van der Waals surface area (Å²) in [5.74, 6) is -0.366. The van der Waals surface area contributed by atoms with Gasteiger partial charge in [-0.05, 0) is 64.1 Å². The lowest BCUT2D eigenvalue weighted by Gasteiger charge is -2.29. The van der Waals surface area contributed by atoms with E-state index < -0.39 is 0 Å². The lowest BCUT2D eigenvalue weighted by molar-refractivity contribution is 0.0999. The topological polar surface area (TPSA) is 55.6 Å². The van der Waals surface area contributed by atoms with Crippen LogP contribution in [0, 0.1) is 0 Å². The number of benzene rings is 3. The minimum atomic E-state index is -0.366. The van der Waals surface area contributed by atoms with Crippen LogP contribution in [0.25, 0.3) is 22.3 Å². The first kappa shape index (κ1) is 17.0. The molecule has 0 radical (unpaired) electrons. The number of anilines is 1. The molecule has 5 rings (SSSR count). The Balaban J connectivity index is 1.60. The van der Waals surface area contributed by atoms with Crippen molar-refractivity contribution in [3.8, 4) is 22.3 Å². The molecule has 0 aromatic heterocycles. The Morgan fingerprint density at radius 2 is 1.68 bits per heavy atom. The first-order valence-electron chi connectivity index (χ1n) is 9.69. The Kier molecular flexibility index (Phi) is 4.14. The van der Waals surface area contributed by atoms with Crippen LogP contribution in [0.4, 0.5) is 5.69 Å². The van der Waals surface area contributed by atoms with E-state index in [2.05, 4.69) is 41.3 Å². The molecule has 3 aromatic rings. The van der Waals surface area contributed by atoms with Crippen molar-refractivity contribution in [2.75, 3.05) is 31.2 Å². The molecule has 2 aliphatic rings. The lowest BCUT2D eigenvalue weighted by Crippen LogP contribution is -2.36. The minimum Gasteiger partial charge on any atom is -0.378 e. The maximum absolute atomic E-state index is 12.2. The standard InChI is InChI=1S/C24H22N2O2/c25-24(27)23-14-17(16-4-2-1-3-5-16)13-21-20-7-6-19(12-18(20)15-22(21)23)26-8-10-28-11-9-26/h1-7,12-14H,8-11,15H2,(H2,25,27). The van der Waals surface area contributed by atoms with E-state index in [-0.39, 0.29) is 5.91 Å². The first-order chi connectivity index (χ1) is 13.7. The smallest absolute Gasteiger partial charge is 0.249 e. The fourth-order valence-electron chi connectivity index (χ4n) is 4.32. The number of nitrogens with zero attached hydrogens (tertiary/aromatic N) is 1. The number of primary amides is 1. The van der Waals surface area contributed by atoms with Crippen LogP contribution >= 0.6 is 0 Å². The number of carbonyl (C=O) groups excluding carboxylic acids is 1. The van der Waals surface area contributed by atoms with Crippen LogP contribution < -0.4 is 10.6 Å². The number of fused-ring (bicyclic) bond motifs is 3. The second kappa shape index (κ2) is 6.80. The van der Waals surface area contributed by atoms with E-state index >= 15 is 0 Å². The van der Waals surface area contributed by atoms with Crippen molar-refractivity contribution in [2.45, 2.75) is 6.42 Å². The summed E-state index contributed by atoms with van der Waals surface area (Å²) < 4.78 is 5.47. The van der Waals surface area contributed by atoms with Gasteiger partial charge in [-0.2, -0.15) is 0 Å². The van der Waals surface area contributed by atoms with Gasteiger partial charge < -0.3 is 15.4 Å². The molecule has 4 heteroatoms. The van der Waals surface area contributed by atoms with Gasteiger partial charge >= 0.3 is 0 Å². The number of morpholine rings is 1. The second-order valence-electron chi connectivity index (χ2n) is 7.40. The van der Waals surface area contributed by atoms with Crippen LogP contribution in [-0.4, -0.2) is 32.2 Å². The molecule has 0 bridgehead atoms. The SMILES string of the molecule is NC(=O)c1cc(-c2ccccc2)cc2c1Cc1cc(N3CCOCC3)ccc1-2. The molecule has 0 spiro atoms. The molecule has 1 saturated heterocycles. The van der Waals surface area contributed by atoms with Crippen molar-refractivity contribution in [1.29, 1.82) is 0 Å². The van der Waals surface area contributed by atoms with Gasteiger partial charge in [0.25, 0.3) is 0 Å². The largest absolute Gasteiger partial charge is 0.378 e. The molecule has 0 saturated carbocycles. The van der Waals surface area contributed by atoms with Crippen molar-refractivity contribution in [2.24, 2.45) is 5.73 Å². The van der Waals surface area contributed by atoms with Crippen LogP contribution in [0.15, 0.2) is 60.7 Å². The highest BCUT2D eigenvalue weighted by Crippen LogP contribution is 2.42. The Morgan fingerprint density at radius 3 is 2.43 bits per heavy atom. The van der Waals surface area contributed by atoms with Crippen LogP contribution in [0.3, 0.4) is 0 Å². The predicted octanol–water partition coefficient (Wildman–Crippen LogP) is 3.86. The lowest BCUT2D eigenvalue weighted by atomic mass is 9.94. The van der Waals surface area contributed by atoms with Gasteiger partial charge in [-0.25, -0.2) is 0 Å². The third-order valence-corrected chi connectivity index (χ3v) is 5.74. The molecule has 4 nitrogen and oxygen atoms in total. The van der Waals surface area contributed by atoms with Crippen molar-refractivity contribution in [3.63, 3.8) is 0 Å². The molecule has 1 amide bonds. The van der Waals surface area contributed by atoms with Gasteiger partial charge in [0.1, 0.15) is 0 Å². The summed E-state index contributed by atoms with van der Waals surface area (Å²) in [6, 6.07) is 20.9. The van der Waals surface area contributed by atoms with E-state index in [1.54, 1.807) is 0 Å². The zero-order valence-corrected chi connectivity index (χ0v) is 15.7. The molecule has 0 unspecified atom stereocenters. The van der Waals surface area contributed by atoms with Crippen molar-refractivity contribution in [1.82, 2.24) is 0 Å². The van der Waals surface area contributed by atoms with Gasteiger partial charge in [0.15, 0.2) is 0 Å². The summed E-state index contributed by atoms with van der Waals surface area (Å²) in [5, 5.41) is 0. The summed E-state index contributed by atoms with van der Waals surface area (Å²) >= 11 is 0. The Morgan fingerprint density at radius 1 is 0.893 bits per heavy atom. The summed E-state index contributed by atoms with van der Waals surface area (Å²) in [6.45, 7) is 3.36. The third kappa shape index (κ3) is 2.86. The van der Waals surface area contributed by atoms with E-state index in [0.29, 0.717) is 5.56 Å². The van der Waals surface area contributed by atoms with Gasteiger partial charge in [0.2, 0.25) is 5.91 Å². The molecule has 2 N–H and O–H groups in total.